The number of hydrogen-bond donors (Lipinski definition) is 1. The van der Waals surface area contributed by atoms with Crippen LogP contribution in [0.25, 0.3) is 0 Å². The van der Waals surface area contributed by atoms with Crippen molar-refractivity contribution in [2.75, 3.05) is 50.7 Å². The molecule has 1 atom stereocenters. The molecular weight excluding hydrogens is 352 g/mol. The summed E-state index contributed by atoms with van der Waals surface area (Å²) in [4.78, 5) is 31.9. The Labute approximate surface area is 168 Å². The lowest BCUT2D eigenvalue weighted by Gasteiger charge is -2.34. The van der Waals surface area contributed by atoms with E-state index in [0.29, 0.717) is 19.4 Å². The van der Waals surface area contributed by atoms with Crippen molar-refractivity contribution in [2.24, 2.45) is 0 Å². The summed E-state index contributed by atoms with van der Waals surface area (Å²) in [6, 6.07) is 7.43. The Morgan fingerprint density at radius 3 is 2.39 bits per heavy atom. The molecule has 0 aromatic heterocycles. The summed E-state index contributed by atoms with van der Waals surface area (Å²) in [6.07, 6.45) is 3.17. The number of carbonyl (C=O) groups excluding carboxylic acids is 2. The maximum absolute atomic E-state index is 12.8. The van der Waals surface area contributed by atoms with Gasteiger partial charge in [-0.25, -0.2) is 0 Å². The molecule has 28 heavy (non-hydrogen) atoms. The van der Waals surface area contributed by atoms with Crippen LogP contribution >= 0.6 is 0 Å². The highest BCUT2D eigenvalue weighted by molar-refractivity contribution is 6.03. The Hall–Kier alpha value is -1.92. The van der Waals surface area contributed by atoms with Gasteiger partial charge in [-0.2, -0.15) is 0 Å². The van der Waals surface area contributed by atoms with Crippen molar-refractivity contribution >= 4 is 17.5 Å². The quantitative estimate of drug-likeness (QED) is 0.693. The molecule has 0 bridgehead atoms. The number of piperazine rings is 1. The van der Waals surface area contributed by atoms with Crippen LogP contribution in [0.15, 0.2) is 24.3 Å². The predicted molar refractivity (Wildman–Crippen MR) is 113 cm³/mol. The van der Waals surface area contributed by atoms with Gasteiger partial charge in [0.15, 0.2) is 0 Å². The van der Waals surface area contributed by atoms with E-state index < -0.39 is 6.04 Å². The second-order valence-corrected chi connectivity index (χ2v) is 7.79. The van der Waals surface area contributed by atoms with Crippen molar-refractivity contribution in [3.63, 3.8) is 0 Å². The molecule has 2 amide bonds. The summed E-state index contributed by atoms with van der Waals surface area (Å²) >= 11 is 0. The number of anilines is 1. The topological polar surface area (TPSA) is 55.9 Å². The van der Waals surface area contributed by atoms with Gasteiger partial charge < -0.3 is 15.1 Å². The minimum absolute atomic E-state index is 0.00931. The number of nitrogens with one attached hydrogen (secondary N) is 1. The molecule has 1 unspecified atom stereocenters. The molecule has 1 aromatic rings. The van der Waals surface area contributed by atoms with Crippen LogP contribution in [-0.4, -0.2) is 73.5 Å². The fourth-order valence-electron chi connectivity index (χ4n) is 4.26. The summed E-state index contributed by atoms with van der Waals surface area (Å²) in [5.74, 6) is -0.0270. The van der Waals surface area contributed by atoms with Gasteiger partial charge in [0.25, 0.3) is 0 Å². The fourth-order valence-corrected chi connectivity index (χ4v) is 4.26. The van der Waals surface area contributed by atoms with Gasteiger partial charge in [-0.05, 0) is 37.6 Å². The molecule has 1 fully saturated rings. The molecule has 6 heteroatoms. The highest BCUT2D eigenvalue weighted by Crippen LogP contribution is 2.32. The van der Waals surface area contributed by atoms with E-state index >= 15 is 0 Å². The lowest BCUT2D eigenvalue weighted by Crippen LogP contribution is -2.49. The third kappa shape index (κ3) is 4.92. The summed E-state index contributed by atoms with van der Waals surface area (Å²) in [5, 5.41) is 3.07. The Bertz CT molecular complexity index is 670. The number of para-hydroxylation sites is 1. The van der Waals surface area contributed by atoms with E-state index in [-0.39, 0.29) is 11.8 Å². The second-order valence-electron chi connectivity index (χ2n) is 7.79. The zero-order valence-electron chi connectivity index (χ0n) is 17.3. The lowest BCUT2D eigenvalue weighted by molar-refractivity contribution is -0.126. The molecule has 6 nitrogen and oxygen atoms in total. The first kappa shape index (κ1) is 20.8. The molecule has 1 N–H and O–H groups in total. The average Bonchev–Trinajstić information content (AvgIpc) is 3.11. The third-order valence-corrected chi connectivity index (χ3v) is 5.80. The number of rotatable bonds is 8. The van der Waals surface area contributed by atoms with Crippen molar-refractivity contribution in [3.8, 4) is 0 Å². The van der Waals surface area contributed by atoms with E-state index in [4.69, 9.17) is 0 Å². The number of carbonyl (C=O) groups is 2. The van der Waals surface area contributed by atoms with Crippen LogP contribution in [0, 0.1) is 0 Å². The van der Waals surface area contributed by atoms with E-state index in [1.165, 1.54) is 13.0 Å². The zero-order valence-corrected chi connectivity index (χ0v) is 17.3. The number of hydrogen-bond acceptors (Lipinski definition) is 4. The Kier molecular flexibility index (Phi) is 7.45. The number of fused-ring (bicyclic) bond motifs is 1. The summed E-state index contributed by atoms with van der Waals surface area (Å²) in [6.45, 7) is 11.5. The molecule has 2 heterocycles. The Balaban J connectivity index is 1.44. The van der Waals surface area contributed by atoms with Crippen LogP contribution in [0.3, 0.4) is 0 Å². The van der Waals surface area contributed by atoms with Crippen LogP contribution in [0.1, 0.15) is 38.7 Å². The number of nitrogens with zero attached hydrogens (tertiary/aromatic N) is 3. The van der Waals surface area contributed by atoms with Crippen molar-refractivity contribution in [1.29, 1.82) is 0 Å². The maximum Gasteiger partial charge on any atom is 0.243 e. The summed E-state index contributed by atoms with van der Waals surface area (Å²) in [7, 11) is 0. The minimum Gasteiger partial charge on any atom is -0.354 e. The molecule has 0 radical (unpaired) electrons. The van der Waals surface area contributed by atoms with Crippen LogP contribution in [0.2, 0.25) is 0 Å². The monoisotopic (exact) mass is 386 g/mol. The lowest BCUT2D eigenvalue weighted by atomic mass is 10.1. The van der Waals surface area contributed by atoms with Gasteiger partial charge in [-0.15, -0.1) is 0 Å². The molecule has 0 saturated carbocycles. The predicted octanol–water partition coefficient (Wildman–Crippen LogP) is 1.89. The zero-order chi connectivity index (χ0) is 19.9. The highest BCUT2D eigenvalue weighted by atomic mass is 16.2. The largest absolute Gasteiger partial charge is 0.354 e. The highest BCUT2D eigenvalue weighted by Gasteiger charge is 2.37. The van der Waals surface area contributed by atoms with E-state index in [0.717, 1.165) is 50.4 Å². The average molecular weight is 387 g/mol. The third-order valence-electron chi connectivity index (χ3n) is 5.80. The van der Waals surface area contributed by atoms with E-state index in [1.54, 1.807) is 4.90 Å². The molecule has 0 spiro atoms. The smallest absolute Gasteiger partial charge is 0.243 e. The molecule has 1 saturated heterocycles. The normalized spacial score (nSPS) is 20.2. The van der Waals surface area contributed by atoms with Crippen LogP contribution in [0.4, 0.5) is 5.69 Å². The van der Waals surface area contributed by atoms with Gasteiger partial charge in [0, 0.05) is 51.3 Å². The van der Waals surface area contributed by atoms with E-state index in [1.807, 2.05) is 31.2 Å². The second kappa shape index (κ2) is 10.0. The van der Waals surface area contributed by atoms with Gasteiger partial charge in [0.2, 0.25) is 11.8 Å². The van der Waals surface area contributed by atoms with Crippen molar-refractivity contribution in [3.05, 3.63) is 29.8 Å². The minimum atomic E-state index is -0.414. The number of benzene rings is 1. The SMILES string of the molecule is CCCN1CCN(CCCNC(=O)C2Cc3ccccc3N2C(=O)CC)CC1. The molecule has 0 aliphatic carbocycles. The summed E-state index contributed by atoms with van der Waals surface area (Å²) in [5.41, 5.74) is 1.97. The Morgan fingerprint density at radius 2 is 1.71 bits per heavy atom. The molecule has 2 aliphatic heterocycles. The number of amides is 2. The Morgan fingerprint density at radius 1 is 1.04 bits per heavy atom. The van der Waals surface area contributed by atoms with Crippen LogP contribution in [0.5, 0.6) is 0 Å². The fraction of sp³-hybridized carbons (Fsp3) is 0.636. The van der Waals surface area contributed by atoms with Gasteiger partial charge in [0.1, 0.15) is 6.04 Å². The van der Waals surface area contributed by atoms with Gasteiger partial charge in [0.05, 0.1) is 0 Å². The standard InChI is InChI=1S/C22H34N4O2/c1-3-11-24-13-15-25(16-14-24)12-7-10-23-22(28)20-17-18-8-5-6-9-19(18)26(20)21(27)4-2/h5-6,8-9,20H,3-4,7,10-17H2,1-2H3,(H,23,28). The van der Waals surface area contributed by atoms with Crippen LogP contribution < -0.4 is 10.2 Å². The first-order valence-corrected chi connectivity index (χ1v) is 10.8. The summed E-state index contributed by atoms with van der Waals surface area (Å²) < 4.78 is 0. The first-order valence-electron chi connectivity index (χ1n) is 10.8. The maximum atomic E-state index is 12.8. The molecular formula is C22H34N4O2. The van der Waals surface area contributed by atoms with Crippen molar-refractivity contribution in [2.45, 2.75) is 45.6 Å². The van der Waals surface area contributed by atoms with E-state index in [9.17, 15) is 9.59 Å². The van der Waals surface area contributed by atoms with E-state index in [2.05, 4.69) is 22.0 Å². The molecule has 154 valence electrons. The van der Waals surface area contributed by atoms with Gasteiger partial charge >= 0.3 is 0 Å². The van der Waals surface area contributed by atoms with Gasteiger partial charge in [-0.1, -0.05) is 32.0 Å². The van der Waals surface area contributed by atoms with Crippen molar-refractivity contribution < 1.29 is 9.59 Å². The van der Waals surface area contributed by atoms with Crippen molar-refractivity contribution in [1.82, 2.24) is 15.1 Å². The van der Waals surface area contributed by atoms with Crippen LogP contribution in [-0.2, 0) is 16.0 Å². The molecule has 1 aromatic carbocycles. The van der Waals surface area contributed by atoms with Gasteiger partial charge in [-0.3, -0.25) is 14.5 Å². The first-order chi connectivity index (χ1) is 13.6. The molecule has 2 aliphatic rings. The molecule has 3 rings (SSSR count).